The molecule has 136 valence electrons. The summed E-state index contributed by atoms with van der Waals surface area (Å²) in [6.45, 7) is 13.8. The van der Waals surface area contributed by atoms with E-state index in [0.29, 0.717) is 25.0 Å². The first kappa shape index (κ1) is 20.9. The average Bonchev–Trinajstić information content (AvgIpc) is 2.74. The van der Waals surface area contributed by atoms with Crippen molar-refractivity contribution in [1.29, 1.82) is 0 Å². The second-order valence-corrected chi connectivity index (χ2v) is 9.49. The number of ether oxygens (including phenoxy) is 2. The number of nitrogens with one attached hydrogen (secondary N) is 1. The molecule has 1 atom stereocenters. The van der Waals surface area contributed by atoms with Crippen LogP contribution in [0.1, 0.15) is 67.2 Å². The fraction of sp³-hybridized carbons (Fsp3) is 0.944. The fourth-order valence-corrected chi connectivity index (χ4v) is 3.81. The summed E-state index contributed by atoms with van der Waals surface area (Å²) in [6, 6.07) is 0. The first-order valence-electron chi connectivity index (χ1n) is 8.59. The molecule has 1 amide bonds. The van der Waals surface area contributed by atoms with E-state index in [1.54, 1.807) is 0 Å². The van der Waals surface area contributed by atoms with Crippen LogP contribution >= 0.6 is 15.9 Å². The Morgan fingerprint density at radius 2 is 1.78 bits per heavy atom. The van der Waals surface area contributed by atoms with Crippen molar-refractivity contribution in [1.82, 2.24) is 5.32 Å². The Hall–Kier alpha value is -0.130. The third kappa shape index (κ3) is 8.50. The van der Waals surface area contributed by atoms with Crippen molar-refractivity contribution in [2.45, 2.75) is 79.1 Å². The van der Waals surface area contributed by atoms with Crippen molar-refractivity contribution in [3.8, 4) is 0 Å². The number of amides is 1. The molecule has 1 fully saturated rings. The Bertz CT molecular complexity index is 394. The molecule has 0 saturated carbocycles. The van der Waals surface area contributed by atoms with E-state index >= 15 is 0 Å². The number of carbonyl (C=O) groups excluding carboxylic acids is 1. The normalized spacial score (nSPS) is 21.4. The van der Waals surface area contributed by atoms with E-state index < -0.39 is 5.79 Å². The van der Waals surface area contributed by atoms with E-state index in [2.05, 4.69) is 48.9 Å². The van der Waals surface area contributed by atoms with Gasteiger partial charge in [-0.25, -0.2) is 0 Å². The Balaban J connectivity index is 2.31. The van der Waals surface area contributed by atoms with Crippen LogP contribution in [0.25, 0.3) is 0 Å². The number of carbonyl (C=O) groups is 1. The summed E-state index contributed by atoms with van der Waals surface area (Å²) in [6.07, 6.45) is 3.84. The van der Waals surface area contributed by atoms with Crippen molar-refractivity contribution in [2.24, 2.45) is 10.8 Å². The summed E-state index contributed by atoms with van der Waals surface area (Å²) >= 11 is 3.52. The zero-order chi connectivity index (χ0) is 17.7. The molecule has 23 heavy (non-hydrogen) atoms. The van der Waals surface area contributed by atoms with E-state index in [9.17, 15) is 4.79 Å². The largest absolute Gasteiger partial charge is 0.353 e. The second kappa shape index (κ2) is 8.30. The predicted molar refractivity (Wildman–Crippen MR) is 97.7 cm³/mol. The lowest BCUT2D eigenvalue weighted by Crippen LogP contribution is -2.36. The van der Waals surface area contributed by atoms with Crippen molar-refractivity contribution in [2.75, 3.05) is 18.5 Å². The number of halogens is 1. The highest BCUT2D eigenvalue weighted by Gasteiger charge is 2.33. The molecule has 1 saturated heterocycles. The van der Waals surface area contributed by atoms with Gasteiger partial charge in [-0.1, -0.05) is 43.6 Å². The van der Waals surface area contributed by atoms with Crippen LogP contribution in [0.5, 0.6) is 0 Å². The molecule has 0 aromatic rings. The van der Waals surface area contributed by atoms with Gasteiger partial charge in [0.1, 0.15) is 6.10 Å². The third-order valence-electron chi connectivity index (χ3n) is 4.48. The fourth-order valence-electron chi connectivity index (χ4n) is 2.73. The van der Waals surface area contributed by atoms with Crippen LogP contribution in [0.2, 0.25) is 0 Å². The van der Waals surface area contributed by atoms with Crippen LogP contribution in [0, 0.1) is 10.8 Å². The van der Waals surface area contributed by atoms with Crippen molar-refractivity contribution < 1.29 is 14.3 Å². The van der Waals surface area contributed by atoms with Crippen LogP contribution in [0.15, 0.2) is 0 Å². The van der Waals surface area contributed by atoms with E-state index in [4.69, 9.17) is 9.47 Å². The minimum atomic E-state index is -0.532. The molecular formula is C18H34BrNO3. The number of hydrogen-bond donors (Lipinski definition) is 1. The molecule has 0 radical (unpaired) electrons. The summed E-state index contributed by atoms with van der Waals surface area (Å²) in [4.78, 5) is 12.2. The molecule has 4 nitrogen and oxygen atoms in total. The topological polar surface area (TPSA) is 47.6 Å². The lowest BCUT2D eigenvalue weighted by molar-refractivity contribution is -0.139. The maximum atomic E-state index is 12.2. The van der Waals surface area contributed by atoms with E-state index in [1.165, 1.54) is 0 Å². The van der Waals surface area contributed by atoms with Crippen LogP contribution in [-0.4, -0.2) is 36.3 Å². The van der Waals surface area contributed by atoms with Gasteiger partial charge in [-0.3, -0.25) is 4.79 Å². The SMILES string of the molecule is CC(C)(CCBr)CCC(C)(C)CC(=O)NCC1COC(C)(C)O1. The molecule has 1 aliphatic heterocycles. The van der Waals surface area contributed by atoms with Gasteiger partial charge >= 0.3 is 0 Å². The molecular weight excluding hydrogens is 358 g/mol. The quantitative estimate of drug-likeness (QED) is 0.597. The highest BCUT2D eigenvalue weighted by molar-refractivity contribution is 9.09. The zero-order valence-corrected chi connectivity index (χ0v) is 17.2. The Labute approximate surface area is 150 Å². The Morgan fingerprint density at radius 1 is 1.17 bits per heavy atom. The van der Waals surface area contributed by atoms with E-state index in [1.807, 2.05) is 13.8 Å². The van der Waals surface area contributed by atoms with E-state index in [-0.39, 0.29) is 17.4 Å². The molecule has 0 spiro atoms. The Kier molecular flexibility index (Phi) is 7.55. The maximum Gasteiger partial charge on any atom is 0.220 e. The van der Waals surface area contributed by atoms with Crippen LogP contribution < -0.4 is 5.32 Å². The molecule has 1 N–H and O–H groups in total. The molecule has 0 aromatic carbocycles. The van der Waals surface area contributed by atoms with Crippen LogP contribution in [0.3, 0.4) is 0 Å². The monoisotopic (exact) mass is 391 g/mol. The molecule has 1 rings (SSSR count). The van der Waals surface area contributed by atoms with Crippen LogP contribution in [0.4, 0.5) is 0 Å². The van der Waals surface area contributed by atoms with Gasteiger partial charge < -0.3 is 14.8 Å². The molecule has 0 aromatic heterocycles. The van der Waals surface area contributed by atoms with Gasteiger partial charge in [-0.15, -0.1) is 0 Å². The highest BCUT2D eigenvalue weighted by Crippen LogP contribution is 2.35. The predicted octanol–water partition coefficient (Wildman–Crippen LogP) is 4.26. The average molecular weight is 392 g/mol. The first-order chi connectivity index (χ1) is 10.4. The van der Waals surface area contributed by atoms with E-state index in [0.717, 1.165) is 24.6 Å². The molecule has 5 heteroatoms. The van der Waals surface area contributed by atoms with Gasteiger partial charge in [0.05, 0.1) is 6.61 Å². The summed E-state index contributed by atoms with van der Waals surface area (Å²) in [5.41, 5.74) is 0.331. The maximum absolute atomic E-state index is 12.2. The van der Waals surface area contributed by atoms with Gasteiger partial charge in [0.2, 0.25) is 5.91 Å². The highest BCUT2D eigenvalue weighted by atomic mass is 79.9. The van der Waals surface area contributed by atoms with Gasteiger partial charge in [-0.2, -0.15) is 0 Å². The van der Waals surface area contributed by atoms with Crippen molar-refractivity contribution in [3.05, 3.63) is 0 Å². The molecule has 0 bridgehead atoms. The van der Waals surface area contributed by atoms with Crippen LogP contribution in [-0.2, 0) is 14.3 Å². The van der Waals surface area contributed by atoms with Crippen molar-refractivity contribution in [3.63, 3.8) is 0 Å². The second-order valence-electron chi connectivity index (χ2n) is 8.70. The Morgan fingerprint density at radius 3 is 2.30 bits per heavy atom. The molecule has 1 aliphatic rings. The summed E-state index contributed by atoms with van der Waals surface area (Å²) in [5.74, 6) is -0.433. The number of hydrogen-bond acceptors (Lipinski definition) is 3. The lowest BCUT2D eigenvalue weighted by atomic mass is 9.76. The lowest BCUT2D eigenvalue weighted by Gasteiger charge is -2.30. The van der Waals surface area contributed by atoms with Crippen molar-refractivity contribution >= 4 is 21.8 Å². The molecule has 1 unspecified atom stereocenters. The van der Waals surface area contributed by atoms with Gasteiger partial charge in [-0.05, 0) is 43.9 Å². The summed E-state index contributed by atoms with van der Waals surface area (Å²) < 4.78 is 11.2. The summed E-state index contributed by atoms with van der Waals surface area (Å²) in [7, 11) is 0. The molecule has 0 aliphatic carbocycles. The standard InChI is InChI=1S/C18H34BrNO3/c1-16(2,9-10-19)7-8-17(3,4)11-15(21)20-12-14-13-22-18(5,6)23-14/h14H,7-13H2,1-6H3,(H,20,21). The zero-order valence-electron chi connectivity index (χ0n) is 15.6. The first-order valence-corrected chi connectivity index (χ1v) is 9.71. The number of alkyl halides is 1. The third-order valence-corrected chi connectivity index (χ3v) is 4.88. The van der Waals surface area contributed by atoms with Gasteiger partial charge in [0.25, 0.3) is 0 Å². The minimum Gasteiger partial charge on any atom is -0.353 e. The number of rotatable bonds is 9. The minimum absolute atomic E-state index is 0.0139. The van der Waals surface area contributed by atoms with Gasteiger partial charge in [0.15, 0.2) is 5.79 Å². The van der Waals surface area contributed by atoms with Gasteiger partial charge in [0, 0.05) is 18.3 Å². The smallest absolute Gasteiger partial charge is 0.220 e. The molecule has 1 heterocycles. The summed E-state index contributed by atoms with van der Waals surface area (Å²) in [5, 5.41) is 4.02.